The van der Waals surface area contributed by atoms with Gasteiger partial charge in [-0.25, -0.2) is 9.97 Å². The topological polar surface area (TPSA) is 54.0 Å². The average molecular weight is 594 g/mol. The standard InChI is InChI=1S/C33H19F3N4.Zn/c34-33(35,36)32-28-17-15-26(39-28)30(20-7-3-1-4-8-20)24-13-11-22(37-24)19-23-12-14-25(38-23)31(21-9-5-2-6-10-21)27-16-18-29(32)40-27;/h1-19H;/q-2;+2. The zero-order valence-corrected chi connectivity index (χ0v) is 24.6. The molecule has 2 aromatic carbocycles. The molecule has 0 N–H and O–H groups in total. The van der Waals surface area contributed by atoms with Crippen LogP contribution in [0.2, 0.25) is 0 Å². The van der Waals surface area contributed by atoms with E-state index in [1.54, 1.807) is 12.1 Å². The molecule has 0 atom stereocenters. The Hall–Kier alpha value is -4.55. The molecule has 0 amide bonds. The molecule has 0 unspecified atom stereocenters. The van der Waals surface area contributed by atoms with Crippen LogP contribution in [0.4, 0.5) is 13.2 Å². The van der Waals surface area contributed by atoms with Gasteiger partial charge in [0.15, 0.2) is 0 Å². The first kappa shape index (κ1) is 26.7. The Morgan fingerprint density at radius 1 is 0.537 bits per heavy atom. The zero-order chi connectivity index (χ0) is 27.3. The molecule has 5 heterocycles. The molecule has 194 valence electrons. The van der Waals surface area contributed by atoms with Crippen LogP contribution < -0.4 is 9.97 Å². The first-order valence-corrected chi connectivity index (χ1v) is 12.6. The number of benzene rings is 2. The second kappa shape index (κ2) is 10.5. The molecule has 2 aliphatic rings. The Morgan fingerprint density at radius 3 is 1.73 bits per heavy atom. The Kier molecular flexibility index (Phi) is 6.80. The third-order valence-corrected chi connectivity index (χ3v) is 6.84. The van der Waals surface area contributed by atoms with Crippen LogP contribution >= 0.6 is 0 Å². The summed E-state index contributed by atoms with van der Waals surface area (Å²) in [5, 5.41) is 0. The van der Waals surface area contributed by atoms with E-state index in [0.717, 1.165) is 11.1 Å². The molecule has 5 aromatic rings. The van der Waals surface area contributed by atoms with Gasteiger partial charge in [-0.2, -0.15) is 13.2 Å². The molecule has 0 spiro atoms. The first-order valence-electron chi connectivity index (χ1n) is 12.6. The fraction of sp³-hybridized carbons (Fsp3) is 0.0303. The molecular weight excluding hydrogens is 575 g/mol. The fourth-order valence-electron chi connectivity index (χ4n) is 5.11. The van der Waals surface area contributed by atoms with E-state index in [-0.39, 0.29) is 30.7 Å². The predicted octanol–water partition coefficient (Wildman–Crippen LogP) is 8.26. The third-order valence-electron chi connectivity index (χ3n) is 6.84. The van der Waals surface area contributed by atoms with E-state index < -0.39 is 11.7 Å². The van der Waals surface area contributed by atoms with Gasteiger partial charge >= 0.3 is 25.7 Å². The number of hydrogen-bond donors (Lipinski definition) is 0. The van der Waals surface area contributed by atoms with E-state index in [1.165, 1.54) is 12.1 Å². The summed E-state index contributed by atoms with van der Waals surface area (Å²) in [6, 6.07) is 27.5. The van der Waals surface area contributed by atoms with Gasteiger partial charge in [-0.3, -0.25) is 0 Å². The summed E-state index contributed by atoms with van der Waals surface area (Å²) >= 11 is 0. The molecule has 8 bridgehead atoms. The number of fused-ring (bicyclic) bond motifs is 8. The maximum absolute atomic E-state index is 14.6. The van der Waals surface area contributed by atoms with Crippen molar-refractivity contribution in [3.05, 3.63) is 119 Å². The second-order valence-corrected chi connectivity index (χ2v) is 9.44. The Morgan fingerprint density at radius 2 is 1.07 bits per heavy atom. The van der Waals surface area contributed by atoms with Crippen LogP contribution in [0.25, 0.3) is 68.6 Å². The smallest absolute Gasteiger partial charge is 0.657 e. The predicted molar refractivity (Wildman–Crippen MR) is 153 cm³/mol. The minimum atomic E-state index is -4.69. The maximum Gasteiger partial charge on any atom is 2.00 e. The van der Waals surface area contributed by atoms with E-state index in [1.807, 2.05) is 91.0 Å². The van der Waals surface area contributed by atoms with Crippen LogP contribution in [0.15, 0.2) is 91.0 Å². The zero-order valence-electron chi connectivity index (χ0n) is 21.6. The molecule has 0 aliphatic carbocycles. The van der Waals surface area contributed by atoms with E-state index in [2.05, 4.69) is 9.97 Å². The minimum absolute atomic E-state index is 0. The van der Waals surface area contributed by atoms with Gasteiger partial charge in [0.2, 0.25) is 0 Å². The van der Waals surface area contributed by atoms with Gasteiger partial charge in [-0.05, 0) is 46.6 Å². The van der Waals surface area contributed by atoms with Crippen molar-refractivity contribution in [2.24, 2.45) is 0 Å². The van der Waals surface area contributed by atoms with Gasteiger partial charge in [-0.1, -0.05) is 91.0 Å². The first-order chi connectivity index (χ1) is 19.4. The average Bonchev–Trinajstić information content (AvgIpc) is 3.76. The quantitative estimate of drug-likeness (QED) is 0.189. The summed E-state index contributed by atoms with van der Waals surface area (Å²) in [4.78, 5) is 18.6. The molecule has 41 heavy (non-hydrogen) atoms. The van der Waals surface area contributed by atoms with Gasteiger partial charge in [0.1, 0.15) is 0 Å². The SMILES string of the molecule is FC(F)(F)c1c2nc(c(-c3ccccc3)c3ccc(cc4nc(c(-c5ccccc5)c5ccc1[n-]5)C=C4)[n-]3)C=C2.[Zn+2]. The van der Waals surface area contributed by atoms with E-state index in [0.29, 0.717) is 44.8 Å². The Labute approximate surface area is 246 Å². The van der Waals surface area contributed by atoms with Crippen molar-refractivity contribution < 1.29 is 32.6 Å². The molecule has 0 fully saturated rings. The number of nitrogens with zero attached hydrogens (tertiary/aromatic N) is 4. The summed E-state index contributed by atoms with van der Waals surface area (Å²) in [5.74, 6) is 0. The van der Waals surface area contributed by atoms with Gasteiger partial charge in [0, 0.05) is 0 Å². The van der Waals surface area contributed by atoms with Crippen molar-refractivity contribution >= 4 is 46.4 Å². The van der Waals surface area contributed by atoms with Gasteiger partial charge in [-0.15, -0.1) is 22.1 Å². The molecular formula is C33H19F3N4Zn. The minimum Gasteiger partial charge on any atom is -0.657 e. The largest absolute Gasteiger partial charge is 2.00 e. The summed E-state index contributed by atoms with van der Waals surface area (Å²) < 4.78 is 43.8. The molecule has 2 aliphatic heterocycles. The number of alkyl halides is 3. The van der Waals surface area contributed by atoms with Gasteiger partial charge < -0.3 is 9.97 Å². The molecule has 8 heteroatoms. The summed E-state index contributed by atoms with van der Waals surface area (Å²) in [6.45, 7) is 0. The molecule has 3 aromatic heterocycles. The van der Waals surface area contributed by atoms with E-state index in [9.17, 15) is 13.2 Å². The van der Waals surface area contributed by atoms with Crippen LogP contribution in [-0.2, 0) is 25.7 Å². The number of rotatable bonds is 2. The Balaban J connectivity index is 0.00000302. The number of halogens is 3. The molecule has 0 radical (unpaired) electrons. The van der Waals surface area contributed by atoms with E-state index in [4.69, 9.17) is 9.97 Å². The van der Waals surface area contributed by atoms with Crippen LogP contribution in [0, 0.1) is 0 Å². The molecule has 0 saturated heterocycles. The van der Waals surface area contributed by atoms with E-state index >= 15 is 0 Å². The van der Waals surface area contributed by atoms with Crippen LogP contribution in [0.3, 0.4) is 0 Å². The van der Waals surface area contributed by atoms with Crippen LogP contribution in [-0.4, -0.2) is 9.97 Å². The summed E-state index contributed by atoms with van der Waals surface area (Å²) in [5.41, 5.74) is 5.01. The van der Waals surface area contributed by atoms with Crippen molar-refractivity contribution in [3.8, 4) is 22.3 Å². The van der Waals surface area contributed by atoms with Gasteiger partial charge in [0.05, 0.1) is 28.3 Å². The molecule has 7 rings (SSSR count). The van der Waals surface area contributed by atoms with Crippen molar-refractivity contribution in [1.82, 2.24) is 19.9 Å². The monoisotopic (exact) mass is 592 g/mol. The summed E-state index contributed by atoms with van der Waals surface area (Å²) in [6.07, 6.45) is 2.04. The number of hydrogen-bond acceptors (Lipinski definition) is 2. The third kappa shape index (κ3) is 4.96. The van der Waals surface area contributed by atoms with Gasteiger partial charge in [0.25, 0.3) is 0 Å². The maximum atomic E-state index is 14.6. The molecule has 0 saturated carbocycles. The van der Waals surface area contributed by atoms with Crippen LogP contribution in [0.1, 0.15) is 28.3 Å². The summed E-state index contributed by atoms with van der Waals surface area (Å²) in [7, 11) is 0. The Bertz CT molecular complexity index is 1950. The van der Waals surface area contributed by atoms with Crippen LogP contribution in [0.5, 0.6) is 0 Å². The normalized spacial score (nSPS) is 12.4. The van der Waals surface area contributed by atoms with Crippen molar-refractivity contribution in [2.45, 2.75) is 6.18 Å². The molecule has 4 nitrogen and oxygen atoms in total. The second-order valence-electron chi connectivity index (χ2n) is 9.44. The fourth-order valence-corrected chi connectivity index (χ4v) is 5.11. The van der Waals surface area contributed by atoms with Crippen molar-refractivity contribution in [2.75, 3.05) is 0 Å². The van der Waals surface area contributed by atoms with Crippen molar-refractivity contribution in [1.29, 1.82) is 0 Å². The van der Waals surface area contributed by atoms with Crippen molar-refractivity contribution in [3.63, 3.8) is 0 Å². The number of aromatic nitrogens is 4.